The summed E-state index contributed by atoms with van der Waals surface area (Å²) < 4.78 is 0. The first kappa shape index (κ1) is 24.0. The number of imidazole rings is 1. The number of aromatic amines is 2. The van der Waals surface area contributed by atoms with Crippen molar-refractivity contribution in [2.24, 2.45) is 11.8 Å². The number of nitrogens with zero attached hydrogens (tertiary/aromatic N) is 3. The van der Waals surface area contributed by atoms with Gasteiger partial charge >= 0.3 is 0 Å². The smallest absolute Gasteiger partial charge is 0.180 e. The largest absolute Gasteiger partial charge is 0.384 e. The quantitative estimate of drug-likeness (QED) is 0.273. The van der Waals surface area contributed by atoms with Crippen LogP contribution in [0.5, 0.6) is 0 Å². The van der Waals surface area contributed by atoms with E-state index in [0.29, 0.717) is 23.4 Å². The van der Waals surface area contributed by atoms with Crippen LogP contribution in [-0.4, -0.2) is 44.2 Å². The van der Waals surface area contributed by atoms with Crippen molar-refractivity contribution in [3.8, 4) is 11.3 Å². The number of aromatic nitrogens is 4. The molecule has 4 aromatic rings. The van der Waals surface area contributed by atoms with Crippen LogP contribution in [0.1, 0.15) is 51.4 Å². The zero-order valence-electron chi connectivity index (χ0n) is 20.9. The van der Waals surface area contributed by atoms with Crippen LogP contribution in [0.3, 0.4) is 0 Å². The number of nitrogens with one attached hydrogen (secondary N) is 2. The van der Waals surface area contributed by atoms with E-state index < -0.39 is 0 Å². The Hall–Kier alpha value is -3.19. The Labute approximate surface area is 201 Å². The van der Waals surface area contributed by atoms with Crippen LogP contribution in [0, 0.1) is 18.8 Å². The molecule has 7 heteroatoms. The van der Waals surface area contributed by atoms with Crippen molar-refractivity contribution >= 4 is 34.2 Å². The Kier molecular flexibility index (Phi) is 7.03. The van der Waals surface area contributed by atoms with E-state index in [4.69, 9.17) is 5.73 Å². The van der Waals surface area contributed by atoms with E-state index >= 15 is 0 Å². The number of nitrogens with two attached hydrogens (primary N) is 1. The third-order valence-corrected chi connectivity index (χ3v) is 6.71. The van der Waals surface area contributed by atoms with Gasteiger partial charge in [0.05, 0.1) is 5.52 Å². The number of rotatable bonds is 10. The molecule has 0 aliphatic heterocycles. The van der Waals surface area contributed by atoms with Crippen molar-refractivity contribution in [2.45, 2.75) is 59.5 Å². The Morgan fingerprint density at radius 3 is 2.62 bits per heavy atom. The molecule has 0 saturated carbocycles. The van der Waals surface area contributed by atoms with Gasteiger partial charge in [-0.2, -0.15) is 0 Å². The molecule has 0 aliphatic rings. The van der Waals surface area contributed by atoms with Crippen LogP contribution in [0.4, 0.5) is 5.82 Å². The average molecular weight is 461 g/mol. The summed E-state index contributed by atoms with van der Waals surface area (Å²) in [7, 11) is 2.14. The Morgan fingerprint density at radius 1 is 1.09 bits per heavy atom. The van der Waals surface area contributed by atoms with Gasteiger partial charge in [0.25, 0.3) is 0 Å². The predicted molar refractivity (Wildman–Crippen MR) is 140 cm³/mol. The standard InChI is InChI=1S/C27H36N6O/c1-16(2)6-7-20(15-34)10-17(3)33(5)14-19-8-9-23-21(11-19)12-24(31-23)22-13-25(28)32-27-26(22)29-18(4)30-27/h8-9,11-13,15-17,20,31H,6-7,10,14H2,1-5H3,(H3,28,29,30,32). The number of aldehydes is 1. The van der Waals surface area contributed by atoms with E-state index in [1.165, 1.54) is 5.56 Å². The average Bonchev–Trinajstić information content (AvgIpc) is 3.37. The highest BCUT2D eigenvalue weighted by Gasteiger charge is 2.18. The zero-order valence-corrected chi connectivity index (χ0v) is 20.9. The zero-order chi connectivity index (χ0) is 24.4. The van der Waals surface area contributed by atoms with Gasteiger partial charge in [0.1, 0.15) is 17.9 Å². The monoisotopic (exact) mass is 460 g/mol. The van der Waals surface area contributed by atoms with Gasteiger partial charge in [-0.25, -0.2) is 9.97 Å². The Morgan fingerprint density at radius 2 is 1.88 bits per heavy atom. The number of nitrogen functional groups attached to an aromatic ring is 1. The fourth-order valence-corrected chi connectivity index (χ4v) is 4.61. The maximum atomic E-state index is 11.6. The number of pyridine rings is 1. The number of carbonyl (C=O) groups excluding carboxylic acids is 1. The molecule has 3 aromatic heterocycles. The lowest BCUT2D eigenvalue weighted by Crippen LogP contribution is -2.31. The van der Waals surface area contributed by atoms with Crippen LogP contribution >= 0.6 is 0 Å². The van der Waals surface area contributed by atoms with E-state index in [1.807, 2.05) is 13.0 Å². The van der Waals surface area contributed by atoms with Crippen molar-refractivity contribution in [3.05, 3.63) is 41.7 Å². The van der Waals surface area contributed by atoms with Crippen molar-refractivity contribution < 1.29 is 4.79 Å². The molecule has 0 saturated heterocycles. The molecule has 0 spiro atoms. The third-order valence-electron chi connectivity index (χ3n) is 6.71. The topological polar surface area (TPSA) is 104 Å². The van der Waals surface area contributed by atoms with Gasteiger partial charge in [-0.3, -0.25) is 4.90 Å². The van der Waals surface area contributed by atoms with E-state index in [9.17, 15) is 4.79 Å². The SMILES string of the molecule is Cc1nc2nc(N)cc(-c3cc4cc(CN(C)C(C)CC(C=O)CCC(C)C)ccc4[nH]3)c2[nH]1. The molecule has 4 rings (SSSR count). The summed E-state index contributed by atoms with van der Waals surface area (Å²) in [6, 6.07) is 10.9. The molecule has 2 unspecified atom stereocenters. The molecule has 0 fully saturated rings. The first-order chi connectivity index (χ1) is 16.2. The van der Waals surface area contributed by atoms with Gasteiger partial charge in [-0.1, -0.05) is 26.3 Å². The van der Waals surface area contributed by atoms with Crippen LogP contribution in [0.15, 0.2) is 30.3 Å². The van der Waals surface area contributed by atoms with Gasteiger partial charge in [-0.15, -0.1) is 0 Å². The molecule has 7 nitrogen and oxygen atoms in total. The van der Waals surface area contributed by atoms with E-state index in [1.54, 1.807) is 0 Å². The minimum atomic E-state index is 0.130. The van der Waals surface area contributed by atoms with Crippen LogP contribution in [-0.2, 0) is 11.3 Å². The highest BCUT2D eigenvalue weighted by atomic mass is 16.1. The molecule has 34 heavy (non-hydrogen) atoms. The lowest BCUT2D eigenvalue weighted by atomic mass is 9.93. The third kappa shape index (κ3) is 5.30. The Balaban J connectivity index is 1.51. The highest BCUT2D eigenvalue weighted by Crippen LogP contribution is 2.31. The summed E-state index contributed by atoms with van der Waals surface area (Å²) in [4.78, 5) is 29.5. The van der Waals surface area contributed by atoms with Crippen LogP contribution < -0.4 is 5.73 Å². The number of benzene rings is 1. The summed E-state index contributed by atoms with van der Waals surface area (Å²) in [6.45, 7) is 9.38. The molecule has 0 amide bonds. The van der Waals surface area contributed by atoms with E-state index in [-0.39, 0.29) is 5.92 Å². The van der Waals surface area contributed by atoms with E-state index in [0.717, 1.165) is 65.6 Å². The lowest BCUT2D eigenvalue weighted by molar-refractivity contribution is -0.111. The first-order valence-electron chi connectivity index (χ1n) is 12.1. The minimum Gasteiger partial charge on any atom is -0.384 e. The summed E-state index contributed by atoms with van der Waals surface area (Å²) in [5.41, 5.74) is 11.8. The number of H-pyrrole nitrogens is 2. The summed E-state index contributed by atoms with van der Waals surface area (Å²) >= 11 is 0. The fraction of sp³-hybridized carbons (Fsp3) is 0.444. The second-order valence-electron chi connectivity index (χ2n) is 10.1. The first-order valence-corrected chi connectivity index (χ1v) is 12.1. The molecule has 0 aliphatic carbocycles. The van der Waals surface area contributed by atoms with Gasteiger partial charge in [0, 0.05) is 40.7 Å². The van der Waals surface area contributed by atoms with Crippen LogP contribution in [0.2, 0.25) is 0 Å². The lowest BCUT2D eigenvalue weighted by Gasteiger charge is -2.27. The molecular weight excluding hydrogens is 424 g/mol. The molecular formula is C27H36N6O. The Bertz CT molecular complexity index is 1290. The number of anilines is 1. The molecule has 4 N–H and O–H groups in total. The predicted octanol–water partition coefficient (Wildman–Crippen LogP) is 5.46. The maximum Gasteiger partial charge on any atom is 0.180 e. The van der Waals surface area contributed by atoms with Crippen molar-refractivity contribution in [1.29, 1.82) is 0 Å². The molecule has 0 radical (unpaired) electrons. The molecule has 180 valence electrons. The second kappa shape index (κ2) is 9.97. The second-order valence-corrected chi connectivity index (χ2v) is 10.1. The number of fused-ring (bicyclic) bond motifs is 2. The molecule has 2 atom stereocenters. The summed E-state index contributed by atoms with van der Waals surface area (Å²) in [5.74, 6) is 2.02. The maximum absolute atomic E-state index is 11.6. The van der Waals surface area contributed by atoms with E-state index in [2.05, 4.69) is 76.9 Å². The normalized spacial score (nSPS) is 13.9. The fourth-order valence-electron chi connectivity index (χ4n) is 4.61. The highest BCUT2D eigenvalue weighted by molar-refractivity contribution is 5.95. The minimum absolute atomic E-state index is 0.130. The molecule has 3 heterocycles. The number of aryl methyl sites for hydroxylation is 1. The van der Waals surface area contributed by atoms with Gasteiger partial charge in [0.15, 0.2) is 5.65 Å². The van der Waals surface area contributed by atoms with Gasteiger partial charge in [0.2, 0.25) is 0 Å². The van der Waals surface area contributed by atoms with Gasteiger partial charge < -0.3 is 20.5 Å². The molecule has 0 bridgehead atoms. The summed E-state index contributed by atoms with van der Waals surface area (Å²) in [5, 5.41) is 1.15. The van der Waals surface area contributed by atoms with Crippen molar-refractivity contribution in [2.75, 3.05) is 12.8 Å². The number of hydrogen-bond acceptors (Lipinski definition) is 5. The van der Waals surface area contributed by atoms with Crippen LogP contribution in [0.25, 0.3) is 33.3 Å². The van der Waals surface area contributed by atoms with Crippen molar-refractivity contribution in [3.63, 3.8) is 0 Å². The van der Waals surface area contributed by atoms with Gasteiger partial charge in [-0.05, 0) is 69.5 Å². The number of hydrogen-bond donors (Lipinski definition) is 3. The molecule has 1 aromatic carbocycles. The summed E-state index contributed by atoms with van der Waals surface area (Å²) in [6.07, 6.45) is 4.11. The van der Waals surface area contributed by atoms with Crippen molar-refractivity contribution in [1.82, 2.24) is 24.8 Å². The number of carbonyl (C=O) groups is 1.